The van der Waals surface area contributed by atoms with Gasteiger partial charge in [0.15, 0.2) is 0 Å². The third kappa shape index (κ3) is 20.2. The van der Waals surface area contributed by atoms with Crippen LogP contribution in [-0.4, -0.2) is 51.1 Å². The van der Waals surface area contributed by atoms with Crippen LogP contribution >= 0.6 is 0 Å². The van der Waals surface area contributed by atoms with Crippen molar-refractivity contribution >= 4 is 0 Å². The van der Waals surface area contributed by atoms with Crippen molar-refractivity contribution in [2.24, 2.45) is 5.92 Å². The second kappa shape index (κ2) is 17.0. The first-order chi connectivity index (χ1) is 9.47. The van der Waals surface area contributed by atoms with Gasteiger partial charge in [-0.15, -0.1) is 0 Å². The van der Waals surface area contributed by atoms with Crippen LogP contribution in [0.1, 0.15) is 72.1 Å². The Morgan fingerprint density at radius 3 is 1.65 bits per heavy atom. The summed E-state index contributed by atoms with van der Waals surface area (Å²) in [6.07, 6.45) is 11.2. The average molecular weight is 287 g/mol. The van der Waals surface area contributed by atoms with E-state index in [1.165, 1.54) is 64.5 Å². The van der Waals surface area contributed by atoms with Gasteiger partial charge in [-0.25, -0.2) is 0 Å². The molecule has 0 saturated heterocycles. The SMILES string of the molecule is CCCC[C@H](CCC)CCCN(C)CCC.CN(C)C. The molecule has 0 bridgehead atoms. The summed E-state index contributed by atoms with van der Waals surface area (Å²) in [6.45, 7) is 9.44. The molecule has 0 aromatic heterocycles. The van der Waals surface area contributed by atoms with Gasteiger partial charge in [0, 0.05) is 0 Å². The summed E-state index contributed by atoms with van der Waals surface area (Å²) in [4.78, 5) is 4.48. The number of unbranched alkanes of at least 4 members (excludes halogenated alkanes) is 1. The molecule has 0 aliphatic rings. The van der Waals surface area contributed by atoms with Crippen molar-refractivity contribution in [1.82, 2.24) is 9.80 Å². The van der Waals surface area contributed by atoms with Crippen molar-refractivity contribution in [3.8, 4) is 0 Å². The summed E-state index contributed by atoms with van der Waals surface area (Å²) in [5, 5.41) is 0. The van der Waals surface area contributed by atoms with Gasteiger partial charge >= 0.3 is 0 Å². The van der Waals surface area contributed by atoms with Gasteiger partial charge in [-0.1, -0.05) is 52.9 Å². The van der Waals surface area contributed by atoms with Gasteiger partial charge in [-0.3, -0.25) is 0 Å². The maximum atomic E-state index is 2.48. The highest BCUT2D eigenvalue weighted by Crippen LogP contribution is 2.20. The topological polar surface area (TPSA) is 6.48 Å². The van der Waals surface area contributed by atoms with Crippen LogP contribution in [0.5, 0.6) is 0 Å². The van der Waals surface area contributed by atoms with Crippen LogP contribution < -0.4 is 0 Å². The van der Waals surface area contributed by atoms with Gasteiger partial charge in [0.25, 0.3) is 0 Å². The van der Waals surface area contributed by atoms with Crippen LogP contribution in [0.2, 0.25) is 0 Å². The Hall–Kier alpha value is -0.0800. The van der Waals surface area contributed by atoms with E-state index in [0.717, 1.165) is 5.92 Å². The molecule has 0 N–H and O–H groups in total. The third-order valence-corrected chi connectivity index (χ3v) is 3.42. The lowest BCUT2D eigenvalue weighted by atomic mass is 9.92. The smallest absolute Gasteiger partial charge is 0.00217 e. The van der Waals surface area contributed by atoms with E-state index in [1.54, 1.807) is 0 Å². The number of nitrogens with zero attached hydrogens (tertiary/aromatic N) is 2. The summed E-state index contributed by atoms with van der Waals surface area (Å²) in [5.74, 6) is 1.000. The number of hydrogen-bond acceptors (Lipinski definition) is 2. The van der Waals surface area contributed by atoms with Crippen molar-refractivity contribution in [2.75, 3.05) is 41.3 Å². The van der Waals surface area contributed by atoms with Gasteiger partial charge in [0.05, 0.1) is 0 Å². The first-order valence-corrected chi connectivity index (χ1v) is 8.77. The predicted octanol–water partition coefficient (Wildman–Crippen LogP) is 4.89. The molecule has 1 atom stereocenters. The Morgan fingerprint density at radius 1 is 0.650 bits per heavy atom. The fourth-order valence-corrected chi connectivity index (χ4v) is 2.48. The van der Waals surface area contributed by atoms with E-state index in [1.807, 2.05) is 26.0 Å². The molecule has 0 aromatic carbocycles. The molecule has 0 aromatic rings. The van der Waals surface area contributed by atoms with Crippen LogP contribution in [0.25, 0.3) is 0 Å². The zero-order chi connectivity index (χ0) is 15.8. The predicted molar refractivity (Wildman–Crippen MR) is 94.6 cm³/mol. The van der Waals surface area contributed by atoms with Crippen molar-refractivity contribution < 1.29 is 0 Å². The molecule has 20 heavy (non-hydrogen) atoms. The molecule has 0 fully saturated rings. The largest absolute Gasteiger partial charge is 0.312 e. The Morgan fingerprint density at radius 2 is 1.20 bits per heavy atom. The highest BCUT2D eigenvalue weighted by molar-refractivity contribution is 4.61. The van der Waals surface area contributed by atoms with Crippen molar-refractivity contribution in [3.63, 3.8) is 0 Å². The molecule has 0 amide bonds. The molecule has 0 heterocycles. The molecule has 0 aliphatic carbocycles. The zero-order valence-electron chi connectivity index (χ0n) is 15.5. The normalized spacial score (nSPS) is 12.4. The zero-order valence-corrected chi connectivity index (χ0v) is 15.5. The van der Waals surface area contributed by atoms with E-state index in [0.29, 0.717) is 0 Å². The lowest BCUT2D eigenvalue weighted by Gasteiger charge is -2.19. The van der Waals surface area contributed by atoms with Gasteiger partial charge in [-0.05, 0) is 66.5 Å². The average Bonchev–Trinajstić information content (AvgIpc) is 2.35. The monoisotopic (exact) mass is 286 g/mol. The Labute approximate surface area is 129 Å². The van der Waals surface area contributed by atoms with Crippen LogP contribution in [0.4, 0.5) is 0 Å². The third-order valence-electron chi connectivity index (χ3n) is 3.42. The number of hydrogen-bond donors (Lipinski definition) is 0. The summed E-state index contributed by atoms with van der Waals surface area (Å²) >= 11 is 0. The van der Waals surface area contributed by atoms with Gasteiger partial charge < -0.3 is 9.80 Å². The van der Waals surface area contributed by atoms with E-state index < -0.39 is 0 Å². The number of rotatable bonds is 11. The highest BCUT2D eigenvalue weighted by atomic mass is 15.1. The first-order valence-electron chi connectivity index (χ1n) is 8.77. The van der Waals surface area contributed by atoms with Crippen LogP contribution in [-0.2, 0) is 0 Å². The van der Waals surface area contributed by atoms with Crippen molar-refractivity contribution in [3.05, 3.63) is 0 Å². The molecule has 0 rings (SSSR count). The van der Waals surface area contributed by atoms with E-state index in [9.17, 15) is 0 Å². The molecule has 0 radical (unpaired) electrons. The quantitative estimate of drug-likeness (QED) is 0.533. The highest BCUT2D eigenvalue weighted by Gasteiger charge is 2.07. The Kier molecular flexibility index (Phi) is 18.8. The first kappa shape index (κ1) is 22.2. The summed E-state index contributed by atoms with van der Waals surface area (Å²) in [6, 6.07) is 0. The molecule has 2 nitrogen and oxygen atoms in total. The van der Waals surface area contributed by atoms with E-state index in [2.05, 4.69) is 32.7 Å². The fourth-order valence-electron chi connectivity index (χ4n) is 2.48. The van der Waals surface area contributed by atoms with Crippen LogP contribution in [0.3, 0.4) is 0 Å². The minimum Gasteiger partial charge on any atom is -0.312 e. The van der Waals surface area contributed by atoms with E-state index >= 15 is 0 Å². The second-order valence-electron chi connectivity index (χ2n) is 6.58. The summed E-state index contributed by atoms with van der Waals surface area (Å²) in [7, 11) is 8.25. The minimum absolute atomic E-state index is 1.000. The van der Waals surface area contributed by atoms with E-state index in [4.69, 9.17) is 0 Å². The molecular weight excluding hydrogens is 244 g/mol. The fraction of sp³-hybridized carbons (Fsp3) is 1.00. The Balaban J connectivity index is 0. The summed E-state index contributed by atoms with van der Waals surface area (Å²) < 4.78 is 0. The molecule has 0 spiro atoms. The maximum Gasteiger partial charge on any atom is -0.00217 e. The molecule has 124 valence electrons. The van der Waals surface area contributed by atoms with Crippen molar-refractivity contribution in [2.45, 2.75) is 72.1 Å². The Bertz CT molecular complexity index is 166. The van der Waals surface area contributed by atoms with Crippen LogP contribution in [0.15, 0.2) is 0 Å². The van der Waals surface area contributed by atoms with E-state index in [-0.39, 0.29) is 0 Å². The maximum absolute atomic E-state index is 2.48. The molecule has 0 aliphatic heterocycles. The molecule has 2 heteroatoms. The lowest BCUT2D eigenvalue weighted by Crippen LogP contribution is -2.21. The second-order valence-corrected chi connectivity index (χ2v) is 6.58. The molecular formula is C18H42N2. The summed E-state index contributed by atoms with van der Waals surface area (Å²) in [5.41, 5.74) is 0. The van der Waals surface area contributed by atoms with Crippen molar-refractivity contribution in [1.29, 1.82) is 0 Å². The van der Waals surface area contributed by atoms with Crippen LogP contribution in [0, 0.1) is 5.92 Å². The van der Waals surface area contributed by atoms with Gasteiger partial charge in [-0.2, -0.15) is 0 Å². The minimum atomic E-state index is 1.000. The standard InChI is InChI=1S/C15H33N.C3H9N/c1-5-8-11-15(10-6-2)12-9-14-16(4)13-7-3;1-4(2)3/h15H,5-14H2,1-4H3;1-3H3/t15-;/m0./s1. The van der Waals surface area contributed by atoms with Gasteiger partial charge in [0.1, 0.15) is 0 Å². The molecule has 0 saturated carbocycles. The van der Waals surface area contributed by atoms with Gasteiger partial charge in [0.2, 0.25) is 0 Å². The lowest BCUT2D eigenvalue weighted by molar-refractivity contribution is 0.301. The molecule has 0 unspecified atom stereocenters.